The molecule has 0 amide bonds. The van der Waals surface area contributed by atoms with Gasteiger partial charge in [0.05, 0.1) is 0 Å². The highest BCUT2D eigenvalue weighted by molar-refractivity contribution is 6.09. The lowest BCUT2D eigenvalue weighted by atomic mass is 9.78. The Morgan fingerprint density at radius 2 is 1.61 bits per heavy atom. The molecule has 96 valence electrons. The summed E-state index contributed by atoms with van der Waals surface area (Å²) in [6, 6.07) is 3.52. The molecule has 1 aliphatic rings. The second-order valence-corrected chi connectivity index (χ2v) is 4.81. The first kappa shape index (κ1) is 12.8. The van der Waals surface area contributed by atoms with Crippen LogP contribution in [0.15, 0.2) is 12.1 Å². The third kappa shape index (κ3) is 2.16. The maximum absolute atomic E-state index is 12.0. The highest BCUT2D eigenvalue weighted by Crippen LogP contribution is 2.33. The van der Waals surface area contributed by atoms with E-state index in [1.165, 1.54) is 0 Å². The van der Waals surface area contributed by atoms with Gasteiger partial charge in [0.2, 0.25) is 0 Å². The van der Waals surface area contributed by atoms with E-state index in [9.17, 15) is 9.59 Å². The summed E-state index contributed by atoms with van der Waals surface area (Å²) >= 11 is 0. The van der Waals surface area contributed by atoms with Gasteiger partial charge >= 0.3 is 0 Å². The lowest BCUT2D eigenvalue weighted by molar-refractivity contribution is -0.131. The Kier molecular flexibility index (Phi) is 3.48. The van der Waals surface area contributed by atoms with Gasteiger partial charge in [0.1, 0.15) is 23.2 Å². The Balaban J connectivity index is 2.50. The highest BCUT2D eigenvalue weighted by Gasteiger charge is 2.33. The number of aryl methyl sites for hydroxylation is 2. The molecule has 1 aromatic rings. The molecule has 1 aromatic carbocycles. The van der Waals surface area contributed by atoms with Crippen LogP contribution in [0.25, 0.3) is 0 Å². The first-order chi connectivity index (χ1) is 8.54. The van der Waals surface area contributed by atoms with E-state index in [2.05, 4.69) is 0 Å². The van der Waals surface area contributed by atoms with E-state index in [-0.39, 0.29) is 11.6 Å². The number of carbonyl (C=O) groups is 2. The SMILES string of the molecule is Cc1cc(ON)cc(C)c1C1C(=O)CCCC1=O. The molecule has 0 atom stereocenters. The Hall–Kier alpha value is -1.68. The van der Waals surface area contributed by atoms with Crippen LogP contribution < -0.4 is 10.7 Å². The summed E-state index contributed by atoms with van der Waals surface area (Å²) in [6.45, 7) is 3.75. The van der Waals surface area contributed by atoms with Gasteiger partial charge in [-0.05, 0) is 49.1 Å². The maximum atomic E-state index is 12.0. The summed E-state index contributed by atoms with van der Waals surface area (Å²) < 4.78 is 0. The molecule has 0 radical (unpaired) electrons. The third-order valence-electron chi connectivity index (χ3n) is 3.48. The van der Waals surface area contributed by atoms with Gasteiger partial charge in [-0.15, -0.1) is 0 Å². The smallest absolute Gasteiger partial charge is 0.147 e. The van der Waals surface area contributed by atoms with Crippen LogP contribution in [0, 0.1) is 13.8 Å². The molecule has 0 heterocycles. The van der Waals surface area contributed by atoms with Crippen LogP contribution in [0.5, 0.6) is 5.75 Å². The molecule has 0 bridgehead atoms. The van der Waals surface area contributed by atoms with Crippen LogP contribution in [0.1, 0.15) is 41.9 Å². The standard InChI is InChI=1S/C14H17NO3/c1-8-6-10(18-15)7-9(2)13(8)14-11(16)4-3-5-12(14)17/h6-7,14H,3-5,15H2,1-2H3. The van der Waals surface area contributed by atoms with E-state index in [1.807, 2.05) is 13.8 Å². The summed E-state index contributed by atoms with van der Waals surface area (Å²) in [4.78, 5) is 28.7. The predicted molar refractivity (Wildman–Crippen MR) is 67.3 cm³/mol. The molecule has 4 heteroatoms. The minimum absolute atomic E-state index is 0.0267. The van der Waals surface area contributed by atoms with Gasteiger partial charge < -0.3 is 4.84 Å². The van der Waals surface area contributed by atoms with Crippen LogP contribution in [0.4, 0.5) is 0 Å². The Morgan fingerprint density at radius 1 is 1.11 bits per heavy atom. The van der Waals surface area contributed by atoms with E-state index < -0.39 is 5.92 Å². The molecule has 0 spiro atoms. The number of nitrogens with two attached hydrogens (primary N) is 1. The summed E-state index contributed by atoms with van der Waals surface area (Å²) in [5, 5.41) is 0. The van der Waals surface area contributed by atoms with Crippen LogP contribution >= 0.6 is 0 Å². The molecule has 0 aromatic heterocycles. The molecule has 1 aliphatic carbocycles. The molecular formula is C14H17NO3. The molecule has 1 saturated carbocycles. The quantitative estimate of drug-likeness (QED) is 0.640. The molecule has 4 nitrogen and oxygen atoms in total. The van der Waals surface area contributed by atoms with Crippen molar-refractivity contribution in [2.75, 3.05) is 0 Å². The average molecular weight is 247 g/mol. The van der Waals surface area contributed by atoms with Crippen molar-refractivity contribution in [1.82, 2.24) is 0 Å². The van der Waals surface area contributed by atoms with E-state index in [1.54, 1.807) is 12.1 Å². The molecule has 0 saturated heterocycles. The minimum Gasteiger partial charge on any atom is -0.412 e. The summed E-state index contributed by atoms with van der Waals surface area (Å²) in [6.07, 6.45) is 1.66. The minimum atomic E-state index is -0.592. The predicted octanol–water partition coefficient (Wildman–Crippen LogP) is 1.96. The monoisotopic (exact) mass is 247 g/mol. The molecule has 2 rings (SSSR count). The number of carbonyl (C=O) groups excluding carboxylic acids is 2. The Morgan fingerprint density at radius 3 is 2.06 bits per heavy atom. The fourth-order valence-electron chi connectivity index (χ4n) is 2.69. The summed E-state index contributed by atoms with van der Waals surface area (Å²) in [7, 11) is 0. The number of ketones is 2. The fraction of sp³-hybridized carbons (Fsp3) is 0.429. The second kappa shape index (κ2) is 4.90. The van der Waals surface area contributed by atoms with Gasteiger partial charge in [0.25, 0.3) is 0 Å². The van der Waals surface area contributed by atoms with Crippen LogP contribution in [0.3, 0.4) is 0 Å². The molecule has 2 N–H and O–H groups in total. The van der Waals surface area contributed by atoms with Gasteiger partial charge in [-0.1, -0.05) is 0 Å². The van der Waals surface area contributed by atoms with Gasteiger partial charge in [-0.2, -0.15) is 5.90 Å². The lowest BCUT2D eigenvalue weighted by Gasteiger charge is -2.23. The third-order valence-corrected chi connectivity index (χ3v) is 3.48. The number of rotatable bonds is 2. The van der Waals surface area contributed by atoms with E-state index in [0.717, 1.165) is 16.7 Å². The number of hydrogen-bond acceptors (Lipinski definition) is 4. The van der Waals surface area contributed by atoms with E-state index in [0.29, 0.717) is 25.0 Å². The van der Waals surface area contributed by atoms with Crippen molar-refractivity contribution >= 4 is 11.6 Å². The number of benzene rings is 1. The van der Waals surface area contributed by atoms with Crippen LogP contribution in [-0.4, -0.2) is 11.6 Å². The first-order valence-corrected chi connectivity index (χ1v) is 6.08. The molecule has 0 unspecified atom stereocenters. The maximum Gasteiger partial charge on any atom is 0.147 e. The Bertz CT molecular complexity index is 469. The van der Waals surface area contributed by atoms with E-state index in [4.69, 9.17) is 10.7 Å². The summed E-state index contributed by atoms with van der Waals surface area (Å²) in [5.74, 6) is 5.14. The Labute approximate surface area is 106 Å². The van der Waals surface area contributed by atoms with Crippen molar-refractivity contribution in [3.05, 3.63) is 28.8 Å². The van der Waals surface area contributed by atoms with Crippen molar-refractivity contribution < 1.29 is 14.4 Å². The lowest BCUT2D eigenvalue weighted by Crippen LogP contribution is -2.27. The van der Waals surface area contributed by atoms with Crippen molar-refractivity contribution in [3.63, 3.8) is 0 Å². The zero-order valence-corrected chi connectivity index (χ0v) is 10.7. The summed E-state index contributed by atoms with van der Waals surface area (Å²) in [5.41, 5.74) is 2.58. The van der Waals surface area contributed by atoms with Crippen molar-refractivity contribution in [3.8, 4) is 5.75 Å². The number of hydrogen-bond donors (Lipinski definition) is 1. The first-order valence-electron chi connectivity index (χ1n) is 6.08. The van der Waals surface area contributed by atoms with Gasteiger partial charge in [-0.25, -0.2) is 0 Å². The second-order valence-electron chi connectivity index (χ2n) is 4.81. The number of Topliss-reactive ketones (excluding diaryl/α,β-unsaturated/α-hetero) is 2. The van der Waals surface area contributed by atoms with Gasteiger partial charge in [-0.3, -0.25) is 9.59 Å². The normalized spacial score (nSPS) is 17.1. The largest absolute Gasteiger partial charge is 0.412 e. The molecular weight excluding hydrogens is 230 g/mol. The fourth-order valence-corrected chi connectivity index (χ4v) is 2.69. The van der Waals surface area contributed by atoms with Crippen LogP contribution in [-0.2, 0) is 9.59 Å². The molecule has 1 fully saturated rings. The van der Waals surface area contributed by atoms with Gasteiger partial charge in [0.15, 0.2) is 0 Å². The zero-order chi connectivity index (χ0) is 13.3. The van der Waals surface area contributed by atoms with Crippen molar-refractivity contribution in [1.29, 1.82) is 0 Å². The topological polar surface area (TPSA) is 69.4 Å². The van der Waals surface area contributed by atoms with Crippen molar-refractivity contribution in [2.45, 2.75) is 39.0 Å². The molecule has 18 heavy (non-hydrogen) atoms. The van der Waals surface area contributed by atoms with Gasteiger partial charge in [0, 0.05) is 12.8 Å². The average Bonchev–Trinajstić information content (AvgIpc) is 2.31. The highest BCUT2D eigenvalue weighted by atomic mass is 16.6. The van der Waals surface area contributed by atoms with Crippen molar-refractivity contribution in [2.24, 2.45) is 5.90 Å². The van der Waals surface area contributed by atoms with Crippen LogP contribution in [0.2, 0.25) is 0 Å². The zero-order valence-electron chi connectivity index (χ0n) is 10.7. The molecule has 0 aliphatic heterocycles. The van der Waals surface area contributed by atoms with E-state index >= 15 is 0 Å².